The second-order valence-electron chi connectivity index (χ2n) is 9.17. The van der Waals surface area contributed by atoms with Crippen LogP contribution in [0.2, 0.25) is 0 Å². The normalized spacial score (nSPS) is 15.9. The zero-order valence-corrected chi connectivity index (χ0v) is 22.0. The van der Waals surface area contributed by atoms with Gasteiger partial charge in [0, 0.05) is 28.1 Å². The van der Waals surface area contributed by atoms with Gasteiger partial charge < -0.3 is 9.30 Å². The molecule has 192 valence electrons. The third-order valence-electron chi connectivity index (χ3n) is 6.73. The maximum atomic E-state index is 13.1. The highest BCUT2D eigenvalue weighted by Crippen LogP contribution is 2.37. The molecule has 0 spiro atoms. The smallest absolute Gasteiger partial charge is 0.283 e. The number of carbonyl (C=O) groups is 1. The average molecular weight is 531 g/mol. The maximum absolute atomic E-state index is 13.1. The minimum Gasteiger partial charge on any atom is -0.491 e. The number of ether oxygens (including phenoxy) is 1. The topological polar surface area (TPSA) is 70.7 Å². The zero-order chi connectivity index (χ0) is 26.8. The molecule has 0 aliphatic carbocycles. The van der Waals surface area contributed by atoms with Crippen LogP contribution in [0, 0.1) is 5.41 Å². The maximum Gasteiger partial charge on any atom is 0.283 e. The largest absolute Gasteiger partial charge is 0.491 e. The molecule has 0 fully saturated rings. The number of hydrogen-bond acceptors (Lipinski definition) is 4. The van der Waals surface area contributed by atoms with Crippen molar-refractivity contribution in [2.75, 3.05) is 6.61 Å². The summed E-state index contributed by atoms with van der Waals surface area (Å²) < 4.78 is 8.26. The molecule has 0 unspecified atom stereocenters. The molecule has 6 nitrogen and oxygen atoms in total. The molecule has 0 atom stereocenters. The quantitative estimate of drug-likeness (QED) is 0.202. The number of benzene rings is 3. The van der Waals surface area contributed by atoms with Crippen molar-refractivity contribution in [3.05, 3.63) is 125 Å². The second-order valence-corrected chi connectivity index (χ2v) is 10.0. The third kappa shape index (κ3) is 4.73. The summed E-state index contributed by atoms with van der Waals surface area (Å²) in [7, 11) is 0. The molecule has 7 heteroatoms. The molecule has 1 N–H and O–H groups in total. The van der Waals surface area contributed by atoms with Crippen LogP contribution >= 0.6 is 11.8 Å². The Morgan fingerprint density at radius 1 is 1.00 bits per heavy atom. The lowest BCUT2D eigenvalue weighted by Gasteiger charge is -2.26. The molecule has 0 saturated heterocycles. The summed E-state index contributed by atoms with van der Waals surface area (Å²) in [5.41, 5.74) is 5.09. The molecule has 39 heavy (non-hydrogen) atoms. The Kier molecular flexibility index (Phi) is 6.73. The zero-order valence-electron chi connectivity index (χ0n) is 21.2. The molecule has 0 bridgehead atoms. The van der Waals surface area contributed by atoms with E-state index in [1.165, 1.54) is 11.8 Å². The lowest BCUT2D eigenvalue weighted by molar-refractivity contribution is -0.114. The fraction of sp³-hybridized carbons (Fsp3) is 0.0938. The third-order valence-corrected chi connectivity index (χ3v) is 7.56. The van der Waals surface area contributed by atoms with Crippen molar-refractivity contribution in [3.63, 3.8) is 0 Å². The standard InChI is InChI=1S/C32H26N4O2S/c1-2-10-23-13-6-9-16-29(23)38-18-17-35-20-24(25-14-7-8-15-27(25)35)19-26-30(33)36-28(22-11-4-3-5-12-22)21-39-32(36)34-31(26)37/h2-9,11-16,19-21,33H,1,10,17-18H2. The second kappa shape index (κ2) is 10.6. The number of carbonyl (C=O) groups excluding carboxylic acids is 1. The van der Waals surface area contributed by atoms with E-state index in [9.17, 15) is 4.79 Å². The van der Waals surface area contributed by atoms with Crippen LogP contribution < -0.4 is 4.74 Å². The summed E-state index contributed by atoms with van der Waals surface area (Å²) in [6.07, 6.45) is 6.43. The minimum absolute atomic E-state index is 0.129. The van der Waals surface area contributed by atoms with E-state index in [-0.39, 0.29) is 11.4 Å². The van der Waals surface area contributed by atoms with Gasteiger partial charge in [-0.25, -0.2) is 0 Å². The van der Waals surface area contributed by atoms with E-state index in [0.29, 0.717) is 18.3 Å². The predicted octanol–water partition coefficient (Wildman–Crippen LogP) is 6.75. The molecule has 4 aromatic rings. The Morgan fingerprint density at radius 3 is 2.62 bits per heavy atom. The Bertz CT molecular complexity index is 1700. The average Bonchev–Trinajstić information content (AvgIpc) is 3.54. The molecule has 3 aromatic carbocycles. The number of nitrogens with one attached hydrogen (secondary N) is 1. The highest BCUT2D eigenvalue weighted by Gasteiger charge is 2.36. The first kappa shape index (κ1) is 24.7. The van der Waals surface area contributed by atoms with E-state index >= 15 is 0 Å². The number of aliphatic imine (C=N–C) groups is 1. The number of para-hydroxylation sites is 2. The molecule has 3 heterocycles. The number of allylic oxidation sites excluding steroid dienone is 1. The number of aromatic nitrogens is 1. The Balaban J connectivity index is 1.29. The van der Waals surface area contributed by atoms with Crippen molar-refractivity contribution >= 4 is 51.3 Å². The van der Waals surface area contributed by atoms with Crippen LogP contribution in [0.3, 0.4) is 0 Å². The summed E-state index contributed by atoms with van der Waals surface area (Å²) in [6, 6.07) is 25.9. The van der Waals surface area contributed by atoms with Gasteiger partial charge in [0.2, 0.25) is 0 Å². The molecular weight excluding hydrogens is 504 g/mol. The summed E-state index contributed by atoms with van der Waals surface area (Å²) >= 11 is 1.36. The van der Waals surface area contributed by atoms with Crippen LogP contribution in [0.15, 0.2) is 114 Å². The molecule has 1 aromatic heterocycles. The summed E-state index contributed by atoms with van der Waals surface area (Å²) in [4.78, 5) is 19.1. The van der Waals surface area contributed by atoms with Gasteiger partial charge in [0.05, 0.1) is 17.8 Å². The van der Waals surface area contributed by atoms with Crippen molar-refractivity contribution in [3.8, 4) is 5.75 Å². The first-order valence-electron chi connectivity index (χ1n) is 12.7. The molecule has 6 rings (SSSR count). The van der Waals surface area contributed by atoms with Crippen molar-refractivity contribution in [1.82, 2.24) is 9.47 Å². The highest BCUT2D eigenvalue weighted by molar-refractivity contribution is 8.17. The predicted molar refractivity (Wildman–Crippen MR) is 160 cm³/mol. The Labute approximate surface area is 231 Å². The van der Waals surface area contributed by atoms with E-state index in [4.69, 9.17) is 10.1 Å². The minimum atomic E-state index is -0.402. The first-order chi connectivity index (χ1) is 19.1. The van der Waals surface area contributed by atoms with Crippen molar-refractivity contribution < 1.29 is 9.53 Å². The van der Waals surface area contributed by atoms with E-state index in [1.807, 2.05) is 90.5 Å². The Morgan fingerprint density at radius 2 is 1.77 bits per heavy atom. The van der Waals surface area contributed by atoms with Crippen molar-refractivity contribution in [2.45, 2.75) is 13.0 Å². The van der Waals surface area contributed by atoms with Gasteiger partial charge in [-0.1, -0.05) is 84.6 Å². The lowest BCUT2D eigenvalue weighted by Crippen LogP contribution is -2.38. The SMILES string of the molecule is C=CCc1ccccc1OCCn1cc(C=C2C(=N)N3C(c4ccccc4)=CSC3=NC2=O)c2ccccc21. The molecule has 0 saturated carbocycles. The van der Waals surface area contributed by atoms with Crippen LogP contribution in [-0.4, -0.2) is 33.0 Å². The van der Waals surface area contributed by atoms with E-state index in [0.717, 1.165) is 45.5 Å². The van der Waals surface area contributed by atoms with Gasteiger partial charge in [0.25, 0.3) is 5.91 Å². The molecule has 2 aliphatic heterocycles. The van der Waals surface area contributed by atoms with Gasteiger partial charge in [0.1, 0.15) is 18.2 Å². The van der Waals surface area contributed by atoms with Crippen LogP contribution in [0.25, 0.3) is 22.7 Å². The number of amidine groups is 2. The fourth-order valence-corrected chi connectivity index (χ4v) is 5.76. The van der Waals surface area contributed by atoms with Gasteiger partial charge in [-0.2, -0.15) is 4.99 Å². The van der Waals surface area contributed by atoms with E-state index in [1.54, 1.807) is 11.0 Å². The number of amides is 1. The van der Waals surface area contributed by atoms with Crippen molar-refractivity contribution in [2.24, 2.45) is 4.99 Å². The van der Waals surface area contributed by atoms with Crippen LogP contribution in [-0.2, 0) is 17.8 Å². The van der Waals surface area contributed by atoms with Gasteiger partial charge >= 0.3 is 0 Å². The summed E-state index contributed by atoms with van der Waals surface area (Å²) in [5, 5.41) is 12.4. The molecule has 0 radical (unpaired) electrons. The van der Waals surface area contributed by atoms with Gasteiger partial charge in [-0.15, -0.1) is 6.58 Å². The van der Waals surface area contributed by atoms with Gasteiger partial charge in [-0.05, 0) is 35.8 Å². The van der Waals surface area contributed by atoms with Gasteiger partial charge in [0.15, 0.2) is 5.17 Å². The number of nitrogens with zero attached hydrogens (tertiary/aromatic N) is 3. The monoisotopic (exact) mass is 530 g/mol. The van der Waals surface area contributed by atoms with E-state index in [2.05, 4.69) is 22.2 Å². The number of rotatable bonds is 8. The lowest BCUT2D eigenvalue weighted by atomic mass is 10.1. The number of fused-ring (bicyclic) bond motifs is 2. The van der Waals surface area contributed by atoms with Crippen LogP contribution in [0.1, 0.15) is 16.7 Å². The van der Waals surface area contributed by atoms with Gasteiger partial charge in [-0.3, -0.25) is 15.1 Å². The van der Waals surface area contributed by atoms with E-state index < -0.39 is 5.91 Å². The molecular formula is C32H26N4O2S. The first-order valence-corrected chi connectivity index (χ1v) is 13.6. The number of thioether (sulfide) groups is 1. The summed E-state index contributed by atoms with van der Waals surface area (Å²) in [6.45, 7) is 4.95. The highest BCUT2D eigenvalue weighted by atomic mass is 32.2. The fourth-order valence-electron chi connectivity index (χ4n) is 4.87. The van der Waals surface area contributed by atoms with Crippen molar-refractivity contribution in [1.29, 1.82) is 5.41 Å². The Hall–Kier alpha value is -4.62. The molecule has 1 amide bonds. The van der Waals surface area contributed by atoms with Crippen LogP contribution in [0.5, 0.6) is 5.75 Å². The molecule has 2 aliphatic rings. The number of hydrogen-bond donors (Lipinski definition) is 1. The summed E-state index contributed by atoms with van der Waals surface area (Å²) in [5.74, 6) is 0.585. The van der Waals surface area contributed by atoms with Crippen LogP contribution in [0.4, 0.5) is 0 Å².